The summed E-state index contributed by atoms with van der Waals surface area (Å²) in [5.41, 5.74) is 11.9. The third-order valence-electron chi connectivity index (χ3n) is 8.12. The number of urea groups is 1. The number of nitrogens with zero attached hydrogens (tertiary/aromatic N) is 2. The van der Waals surface area contributed by atoms with E-state index in [1.54, 1.807) is 15.5 Å². The number of nitrogens with two attached hydrogens (primary N) is 1. The number of primary amides is 1. The van der Waals surface area contributed by atoms with Crippen molar-refractivity contribution in [2.45, 2.75) is 44.8 Å². The van der Waals surface area contributed by atoms with E-state index < -0.39 is 12.0 Å². The van der Waals surface area contributed by atoms with Crippen molar-refractivity contribution in [2.24, 2.45) is 5.73 Å². The average molecular weight is 536 g/mol. The van der Waals surface area contributed by atoms with Crippen LogP contribution in [0.4, 0.5) is 9.18 Å². The lowest BCUT2D eigenvalue weighted by Gasteiger charge is -2.34. The molecule has 0 saturated heterocycles. The summed E-state index contributed by atoms with van der Waals surface area (Å²) in [5, 5.41) is 12.4. The number of hydrogen-bond acceptors (Lipinski definition) is 2. The molecule has 3 N–H and O–H groups in total. The predicted octanol–water partition coefficient (Wildman–Crippen LogP) is 6.05. The molecule has 1 aliphatic carbocycles. The summed E-state index contributed by atoms with van der Waals surface area (Å²) in [5.74, 6) is -1.33. The molecule has 0 unspecified atom stereocenters. The third kappa shape index (κ3) is 4.79. The highest BCUT2D eigenvalue weighted by Crippen LogP contribution is 2.35. The summed E-state index contributed by atoms with van der Waals surface area (Å²) in [6.45, 7) is 0.154. The molecule has 6 nitrogen and oxygen atoms in total. The molecule has 2 amide bonds. The standard InChI is InChI=1S/C33H30FN3O3/c34-24-12-14-30-27(17-24)28-18-25(13-15-31(28)37(30)20-32(38)39)36(33(35)40)19-29-23(16-21-6-2-1-3-7-21)11-10-22-8-4-5-9-26(22)29/h1-12,14,17,25H,13,15-16,18-20H2,(H2,35,40)(H,38,39)/t25-/m0/s1. The van der Waals surface area contributed by atoms with E-state index in [9.17, 15) is 19.1 Å². The van der Waals surface area contributed by atoms with Crippen LogP contribution in [0.3, 0.4) is 0 Å². The maximum Gasteiger partial charge on any atom is 0.323 e. The molecule has 1 aliphatic rings. The molecular formula is C33H30FN3O3. The monoisotopic (exact) mass is 535 g/mol. The zero-order chi connectivity index (χ0) is 27.8. The van der Waals surface area contributed by atoms with Crippen LogP contribution in [0.15, 0.2) is 84.9 Å². The number of fused-ring (bicyclic) bond motifs is 4. The first-order valence-electron chi connectivity index (χ1n) is 13.5. The van der Waals surface area contributed by atoms with E-state index in [1.807, 2.05) is 30.3 Å². The van der Waals surface area contributed by atoms with Gasteiger partial charge in [-0.3, -0.25) is 4.79 Å². The van der Waals surface area contributed by atoms with Crippen molar-refractivity contribution in [1.29, 1.82) is 0 Å². The number of benzene rings is 4. The van der Waals surface area contributed by atoms with Gasteiger partial charge in [0.25, 0.3) is 0 Å². The van der Waals surface area contributed by atoms with Crippen molar-refractivity contribution >= 4 is 33.7 Å². The van der Waals surface area contributed by atoms with Gasteiger partial charge in [0.2, 0.25) is 0 Å². The van der Waals surface area contributed by atoms with E-state index in [0.29, 0.717) is 36.7 Å². The van der Waals surface area contributed by atoms with Gasteiger partial charge in [-0.2, -0.15) is 0 Å². The fourth-order valence-electron chi connectivity index (χ4n) is 6.29. The summed E-state index contributed by atoms with van der Waals surface area (Å²) in [4.78, 5) is 26.4. The Hall–Kier alpha value is -4.65. The summed E-state index contributed by atoms with van der Waals surface area (Å²) in [7, 11) is 0. The maximum absolute atomic E-state index is 14.3. The minimum absolute atomic E-state index is 0.194. The Morgan fingerprint density at radius 1 is 0.975 bits per heavy atom. The number of aliphatic carboxylic acids is 1. The SMILES string of the molecule is NC(=O)N(Cc1c(Cc2ccccc2)ccc2ccccc12)[C@H]1CCc2c(c3cc(F)ccc3n2CC(=O)O)C1. The first kappa shape index (κ1) is 25.6. The molecule has 1 atom stereocenters. The maximum atomic E-state index is 14.3. The average Bonchev–Trinajstić information content (AvgIpc) is 3.24. The quantitative estimate of drug-likeness (QED) is 0.266. The molecule has 0 radical (unpaired) electrons. The molecule has 4 aromatic carbocycles. The van der Waals surface area contributed by atoms with Gasteiger partial charge in [0.15, 0.2) is 0 Å². The summed E-state index contributed by atoms with van der Waals surface area (Å²) in [6.07, 6.45) is 2.40. The Morgan fingerprint density at radius 3 is 2.52 bits per heavy atom. The zero-order valence-electron chi connectivity index (χ0n) is 22.0. The highest BCUT2D eigenvalue weighted by Gasteiger charge is 2.32. The molecule has 0 aliphatic heterocycles. The number of amides is 2. The molecular weight excluding hydrogens is 505 g/mol. The largest absolute Gasteiger partial charge is 0.480 e. The Balaban J connectivity index is 1.39. The number of hydrogen-bond donors (Lipinski definition) is 2. The van der Waals surface area contributed by atoms with Crippen LogP contribution in [0, 0.1) is 5.82 Å². The fourth-order valence-corrected chi connectivity index (χ4v) is 6.29. The number of halogens is 1. The molecule has 0 fully saturated rings. The van der Waals surface area contributed by atoms with Crippen LogP contribution >= 0.6 is 0 Å². The van der Waals surface area contributed by atoms with Gasteiger partial charge in [-0.1, -0.05) is 66.7 Å². The van der Waals surface area contributed by atoms with Crippen LogP contribution in [0.1, 0.15) is 34.4 Å². The molecule has 7 heteroatoms. The van der Waals surface area contributed by atoms with Crippen molar-refractivity contribution in [2.75, 3.05) is 0 Å². The molecule has 0 bridgehead atoms. The van der Waals surface area contributed by atoms with Crippen molar-refractivity contribution in [3.8, 4) is 0 Å². The van der Waals surface area contributed by atoms with Crippen LogP contribution in [0.5, 0.6) is 0 Å². The normalized spacial score (nSPS) is 14.8. The molecule has 1 heterocycles. The second kappa shape index (κ2) is 10.5. The lowest BCUT2D eigenvalue weighted by Crippen LogP contribution is -2.46. The van der Waals surface area contributed by atoms with Crippen LogP contribution in [0.2, 0.25) is 0 Å². The van der Waals surface area contributed by atoms with Crippen LogP contribution < -0.4 is 5.73 Å². The minimum atomic E-state index is -0.952. The van der Waals surface area contributed by atoms with Gasteiger partial charge in [-0.25, -0.2) is 9.18 Å². The first-order chi connectivity index (χ1) is 19.4. The highest BCUT2D eigenvalue weighted by molar-refractivity contribution is 5.88. The van der Waals surface area contributed by atoms with E-state index in [4.69, 9.17) is 5.73 Å². The Morgan fingerprint density at radius 2 is 1.75 bits per heavy atom. The Bertz CT molecular complexity index is 1750. The fraction of sp³-hybridized carbons (Fsp3) is 0.212. The van der Waals surface area contributed by atoms with Gasteiger partial charge in [-0.15, -0.1) is 0 Å². The molecule has 40 heavy (non-hydrogen) atoms. The van der Waals surface area contributed by atoms with Gasteiger partial charge in [0.1, 0.15) is 12.4 Å². The molecule has 5 aromatic rings. The van der Waals surface area contributed by atoms with E-state index in [2.05, 4.69) is 36.4 Å². The van der Waals surface area contributed by atoms with Crippen molar-refractivity contribution in [3.05, 3.63) is 119 Å². The number of rotatable bonds is 7. The Kier molecular flexibility index (Phi) is 6.72. The van der Waals surface area contributed by atoms with Crippen LogP contribution in [-0.4, -0.2) is 32.6 Å². The number of aromatic nitrogens is 1. The van der Waals surface area contributed by atoms with Crippen molar-refractivity contribution < 1.29 is 19.1 Å². The zero-order valence-corrected chi connectivity index (χ0v) is 22.0. The minimum Gasteiger partial charge on any atom is -0.480 e. The van der Waals surface area contributed by atoms with E-state index in [-0.39, 0.29) is 18.4 Å². The van der Waals surface area contributed by atoms with Crippen LogP contribution in [0.25, 0.3) is 21.7 Å². The summed E-state index contributed by atoms with van der Waals surface area (Å²) >= 11 is 0. The molecule has 202 valence electrons. The van der Waals surface area contributed by atoms with Gasteiger partial charge in [0, 0.05) is 29.2 Å². The van der Waals surface area contributed by atoms with Crippen molar-refractivity contribution in [1.82, 2.24) is 9.47 Å². The second-order valence-electron chi connectivity index (χ2n) is 10.5. The van der Waals surface area contributed by atoms with E-state index in [0.717, 1.165) is 39.6 Å². The topological polar surface area (TPSA) is 88.6 Å². The first-order valence-corrected chi connectivity index (χ1v) is 13.5. The van der Waals surface area contributed by atoms with Gasteiger partial charge in [-0.05, 0) is 76.9 Å². The lowest BCUT2D eigenvalue weighted by molar-refractivity contribution is -0.137. The highest BCUT2D eigenvalue weighted by atomic mass is 19.1. The van der Waals surface area contributed by atoms with Gasteiger partial charge in [0.05, 0.1) is 0 Å². The Labute approximate surface area is 231 Å². The van der Waals surface area contributed by atoms with Gasteiger partial charge >= 0.3 is 12.0 Å². The summed E-state index contributed by atoms with van der Waals surface area (Å²) < 4.78 is 16.1. The lowest BCUT2D eigenvalue weighted by atomic mass is 9.89. The van der Waals surface area contributed by atoms with Crippen molar-refractivity contribution in [3.63, 3.8) is 0 Å². The summed E-state index contributed by atoms with van der Waals surface area (Å²) in [6, 6.07) is 26.4. The number of carbonyl (C=O) groups excluding carboxylic acids is 1. The number of carbonyl (C=O) groups is 2. The predicted molar refractivity (Wildman–Crippen MR) is 154 cm³/mol. The second-order valence-corrected chi connectivity index (χ2v) is 10.5. The van der Waals surface area contributed by atoms with Gasteiger partial charge < -0.3 is 20.3 Å². The number of carboxylic acid groups (broad SMARTS) is 1. The third-order valence-corrected chi connectivity index (χ3v) is 8.12. The molecule has 0 spiro atoms. The number of carboxylic acids is 1. The molecule has 1 aromatic heterocycles. The smallest absolute Gasteiger partial charge is 0.323 e. The molecule has 6 rings (SSSR count). The van der Waals surface area contributed by atoms with Crippen LogP contribution in [-0.2, 0) is 37.1 Å². The molecule has 0 saturated carbocycles. The van der Waals surface area contributed by atoms with E-state index >= 15 is 0 Å². The van der Waals surface area contributed by atoms with E-state index in [1.165, 1.54) is 17.7 Å².